The van der Waals surface area contributed by atoms with Gasteiger partial charge in [0.25, 0.3) is 0 Å². The molecule has 8 rings (SSSR count). The van der Waals surface area contributed by atoms with Gasteiger partial charge in [-0.25, -0.2) is 0 Å². The van der Waals surface area contributed by atoms with Crippen molar-refractivity contribution in [1.82, 2.24) is 0 Å². The van der Waals surface area contributed by atoms with E-state index in [0.717, 1.165) is 11.5 Å². The third-order valence-corrected chi connectivity index (χ3v) is 8.63. The molecule has 2 aliphatic heterocycles. The van der Waals surface area contributed by atoms with Gasteiger partial charge in [0.05, 0.1) is 5.41 Å². The fraction of sp³-hybridized carbons (Fsp3) is 0.114. The molecule has 4 aliphatic rings. The number of ether oxygens (including phenoxy) is 1. The van der Waals surface area contributed by atoms with Crippen LogP contribution in [-0.4, -0.2) is 6.21 Å². The van der Waals surface area contributed by atoms with E-state index in [9.17, 15) is 0 Å². The van der Waals surface area contributed by atoms with Gasteiger partial charge >= 0.3 is 0 Å². The highest BCUT2D eigenvalue weighted by atomic mass is 16.5. The summed E-state index contributed by atoms with van der Waals surface area (Å²) < 4.78 is 6.59. The van der Waals surface area contributed by atoms with Crippen molar-refractivity contribution in [2.45, 2.75) is 12.3 Å². The Morgan fingerprint density at radius 3 is 2.19 bits per heavy atom. The minimum absolute atomic E-state index is 0.123. The van der Waals surface area contributed by atoms with Crippen molar-refractivity contribution in [2.75, 3.05) is 0 Å². The number of allylic oxidation sites excluding steroid dienone is 5. The number of rotatable bonds is 1. The Kier molecular flexibility index (Phi) is 4.09. The van der Waals surface area contributed by atoms with Gasteiger partial charge in [-0.15, -0.1) is 0 Å². The fourth-order valence-electron chi connectivity index (χ4n) is 6.99. The van der Waals surface area contributed by atoms with Crippen LogP contribution in [0.15, 0.2) is 126 Å². The molecular formula is C35H25NO. The molecule has 0 N–H and O–H groups in total. The second-order valence-corrected chi connectivity index (χ2v) is 10.6. The first-order valence-electron chi connectivity index (χ1n) is 12.9. The molecule has 2 heterocycles. The van der Waals surface area contributed by atoms with Gasteiger partial charge < -0.3 is 4.74 Å². The highest BCUT2D eigenvalue weighted by Crippen LogP contribution is 2.62. The Bertz CT molecular complexity index is 1690. The molecule has 0 radical (unpaired) electrons. The molecule has 2 aliphatic carbocycles. The lowest BCUT2D eigenvalue weighted by atomic mass is 9.64. The van der Waals surface area contributed by atoms with Gasteiger partial charge in [0.2, 0.25) is 0 Å². The number of para-hydroxylation sites is 1. The van der Waals surface area contributed by atoms with E-state index >= 15 is 0 Å². The van der Waals surface area contributed by atoms with Crippen LogP contribution < -0.4 is 4.74 Å². The van der Waals surface area contributed by atoms with Crippen LogP contribution in [-0.2, 0) is 5.41 Å². The molecule has 0 saturated heterocycles. The first-order chi connectivity index (χ1) is 18.2. The highest BCUT2D eigenvalue weighted by Gasteiger charge is 2.51. The van der Waals surface area contributed by atoms with Gasteiger partial charge in [0.1, 0.15) is 11.5 Å². The van der Waals surface area contributed by atoms with Crippen LogP contribution in [0.5, 0.6) is 11.5 Å². The van der Waals surface area contributed by atoms with Crippen molar-refractivity contribution in [3.8, 4) is 22.6 Å². The van der Waals surface area contributed by atoms with Gasteiger partial charge in [-0.2, -0.15) is 0 Å². The molecule has 0 saturated carbocycles. The maximum atomic E-state index is 6.59. The van der Waals surface area contributed by atoms with Gasteiger partial charge in [0.15, 0.2) is 0 Å². The third kappa shape index (κ3) is 2.62. The van der Waals surface area contributed by atoms with Gasteiger partial charge in [-0.05, 0) is 51.6 Å². The van der Waals surface area contributed by atoms with Crippen LogP contribution >= 0.6 is 0 Å². The second kappa shape index (κ2) is 7.30. The van der Waals surface area contributed by atoms with Crippen molar-refractivity contribution < 1.29 is 4.74 Å². The molecule has 37 heavy (non-hydrogen) atoms. The average molecular weight is 476 g/mol. The summed E-state index contributed by atoms with van der Waals surface area (Å²) in [5, 5.41) is 0. The molecule has 0 amide bonds. The Morgan fingerprint density at radius 2 is 1.41 bits per heavy atom. The smallest absolute Gasteiger partial charge is 0.132 e. The lowest BCUT2D eigenvalue weighted by molar-refractivity contribution is 0.436. The topological polar surface area (TPSA) is 21.6 Å². The molecule has 2 heteroatoms. The van der Waals surface area contributed by atoms with E-state index in [1.165, 1.54) is 44.5 Å². The van der Waals surface area contributed by atoms with Crippen LogP contribution in [0.25, 0.3) is 16.7 Å². The van der Waals surface area contributed by atoms with Crippen molar-refractivity contribution in [2.24, 2.45) is 16.3 Å². The fourth-order valence-corrected chi connectivity index (χ4v) is 6.99. The molecule has 2 unspecified atom stereocenters. The van der Waals surface area contributed by atoms with E-state index in [1.807, 2.05) is 6.20 Å². The van der Waals surface area contributed by atoms with Gasteiger partial charge in [-0.1, -0.05) is 104 Å². The number of fused-ring (bicyclic) bond motifs is 10. The molecule has 2 nitrogen and oxygen atoms in total. The lowest BCUT2D eigenvalue weighted by Crippen LogP contribution is -2.33. The Hall–Kier alpha value is -4.43. The highest BCUT2D eigenvalue weighted by molar-refractivity contribution is 5.89. The molecule has 1 spiro atoms. The van der Waals surface area contributed by atoms with E-state index in [2.05, 4.69) is 133 Å². The molecule has 0 aromatic heterocycles. The quantitative estimate of drug-likeness (QED) is 0.234. The summed E-state index contributed by atoms with van der Waals surface area (Å²) in [4.78, 5) is 4.46. The van der Waals surface area contributed by atoms with Crippen LogP contribution in [0.3, 0.4) is 0 Å². The Morgan fingerprint density at radius 1 is 0.730 bits per heavy atom. The zero-order chi connectivity index (χ0) is 24.6. The summed E-state index contributed by atoms with van der Waals surface area (Å²) in [6.45, 7) is 2.26. The molecule has 0 bridgehead atoms. The van der Waals surface area contributed by atoms with Crippen LogP contribution in [0.1, 0.15) is 34.7 Å². The van der Waals surface area contributed by atoms with E-state index in [1.54, 1.807) is 0 Å². The molecular weight excluding hydrogens is 450 g/mol. The minimum atomic E-state index is -0.439. The zero-order valence-electron chi connectivity index (χ0n) is 20.6. The first kappa shape index (κ1) is 20.7. The van der Waals surface area contributed by atoms with Crippen LogP contribution in [0.2, 0.25) is 0 Å². The maximum absolute atomic E-state index is 6.59. The summed E-state index contributed by atoms with van der Waals surface area (Å²) in [6, 6.07) is 33.1. The average Bonchev–Trinajstić information content (AvgIpc) is 3.24. The number of nitrogens with zero attached hydrogens (tertiary/aromatic N) is 1. The summed E-state index contributed by atoms with van der Waals surface area (Å²) in [7, 11) is 0. The van der Waals surface area contributed by atoms with E-state index in [4.69, 9.17) is 4.74 Å². The number of hydrogen-bond acceptors (Lipinski definition) is 2. The monoisotopic (exact) mass is 475 g/mol. The molecule has 0 fully saturated rings. The molecule has 4 aromatic carbocycles. The minimum Gasteiger partial charge on any atom is -0.457 e. The van der Waals surface area contributed by atoms with Crippen molar-refractivity contribution in [1.29, 1.82) is 0 Å². The van der Waals surface area contributed by atoms with Crippen LogP contribution in [0, 0.1) is 11.3 Å². The molecule has 176 valence electrons. The maximum Gasteiger partial charge on any atom is 0.132 e. The number of benzene rings is 4. The predicted octanol–water partition coefficient (Wildman–Crippen LogP) is 8.33. The lowest BCUT2D eigenvalue weighted by Gasteiger charge is -2.40. The van der Waals surface area contributed by atoms with Gasteiger partial charge in [-0.3, -0.25) is 4.99 Å². The first-order valence-corrected chi connectivity index (χ1v) is 12.9. The third-order valence-electron chi connectivity index (χ3n) is 8.63. The van der Waals surface area contributed by atoms with Crippen molar-refractivity contribution in [3.63, 3.8) is 0 Å². The Labute approximate surface area is 217 Å². The SMILES string of the molecule is CC12C=CC=C(c3ccc4c(c3)C3(c5ccccc5O4)c4ccccc4-c4ccccc43)C1C=CN=C2. The summed E-state index contributed by atoms with van der Waals surface area (Å²) in [5.74, 6) is 2.08. The second-order valence-electron chi connectivity index (χ2n) is 10.6. The van der Waals surface area contributed by atoms with Gasteiger partial charge in [0, 0.05) is 34.9 Å². The van der Waals surface area contributed by atoms with Crippen molar-refractivity contribution >= 4 is 11.8 Å². The zero-order valence-corrected chi connectivity index (χ0v) is 20.6. The predicted molar refractivity (Wildman–Crippen MR) is 150 cm³/mol. The Balaban J connectivity index is 1.44. The van der Waals surface area contributed by atoms with E-state index < -0.39 is 5.41 Å². The summed E-state index contributed by atoms with van der Waals surface area (Å²) in [6.07, 6.45) is 12.9. The molecule has 4 aromatic rings. The molecule has 2 atom stereocenters. The standard InChI is InChI=1S/C35H25NO/c1-34-19-8-11-24(27(34)18-20-36-22-34)23-16-17-33-31(21-23)35(30-14-6-7-15-32(30)37-33)28-12-4-2-9-25(28)26-10-3-5-13-29(26)35/h2-22,27H,1H3. The number of hydrogen-bond donors (Lipinski definition) is 0. The van der Waals surface area contributed by atoms with Crippen LogP contribution in [0.4, 0.5) is 0 Å². The normalized spacial score (nSPS) is 22.8. The van der Waals surface area contributed by atoms with E-state index in [0.29, 0.717) is 0 Å². The summed E-state index contributed by atoms with van der Waals surface area (Å²) >= 11 is 0. The number of aliphatic imine (C=N–C) groups is 1. The largest absolute Gasteiger partial charge is 0.457 e. The van der Waals surface area contributed by atoms with Crippen molar-refractivity contribution in [3.05, 3.63) is 149 Å². The summed E-state index contributed by atoms with van der Waals surface area (Å²) in [5.41, 5.74) is 9.60. The van der Waals surface area contributed by atoms with E-state index in [-0.39, 0.29) is 11.3 Å².